The molecule has 0 aliphatic heterocycles. The van der Waals surface area contributed by atoms with Crippen molar-refractivity contribution in [2.24, 2.45) is 0 Å². The van der Waals surface area contributed by atoms with Crippen LogP contribution in [0.5, 0.6) is 0 Å². The first-order valence-electron chi connectivity index (χ1n) is 6.47. The van der Waals surface area contributed by atoms with Crippen molar-refractivity contribution in [3.05, 3.63) is 35.8 Å². The van der Waals surface area contributed by atoms with E-state index in [1.165, 1.54) is 5.56 Å². The summed E-state index contributed by atoms with van der Waals surface area (Å²) in [7, 11) is 0. The Balaban J connectivity index is 1.80. The van der Waals surface area contributed by atoms with E-state index in [0.717, 1.165) is 44.1 Å². The zero-order valence-electron chi connectivity index (χ0n) is 11.0. The summed E-state index contributed by atoms with van der Waals surface area (Å²) in [5.74, 6) is 2.00. The molecule has 0 aliphatic rings. The average Bonchev–Trinajstić information content (AvgIpc) is 3.03. The first-order chi connectivity index (χ1) is 8.83. The molecule has 0 aromatic carbocycles. The van der Waals surface area contributed by atoms with Crippen molar-refractivity contribution in [2.75, 3.05) is 6.54 Å². The molecule has 2 aromatic rings. The van der Waals surface area contributed by atoms with Gasteiger partial charge in [0.25, 0.3) is 0 Å². The van der Waals surface area contributed by atoms with Gasteiger partial charge in [0.1, 0.15) is 5.82 Å². The minimum absolute atomic E-state index is 0.827. The van der Waals surface area contributed by atoms with Crippen molar-refractivity contribution in [1.82, 2.24) is 20.1 Å². The molecule has 1 N–H and O–H groups in total. The maximum absolute atomic E-state index is 5.02. The van der Waals surface area contributed by atoms with Gasteiger partial charge in [0.2, 0.25) is 0 Å². The number of hydrogen-bond acceptors (Lipinski definition) is 4. The first kappa shape index (κ1) is 12.8. The molecule has 0 saturated heterocycles. The first-order valence-corrected chi connectivity index (χ1v) is 6.47. The van der Waals surface area contributed by atoms with Gasteiger partial charge in [-0.25, -0.2) is 9.67 Å². The smallest absolute Gasteiger partial charge is 0.150 e. The van der Waals surface area contributed by atoms with Gasteiger partial charge >= 0.3 is 0 Å². The van der Waals surface area contributed by atoms with Crippen molar-refractivity contribution in [3.8, 4) is 0 Å². The highest BCUT2D eigenvalue weighted by Crippen LogP contribution is 2.01. The second-order valence-electron chi connectivity index (χ2n) is 4.18. The SMILES string of the molecule is CCc1nc(CC)n(CCNCc2ccoc2)n1. The van der Waals surface area contributed by atoms with Gasteiger partial charge in [0.05, 0.1) is 19.1 Å². The number of aryl methyl sites for hydroxylation is 2. The summed E-state index contributed by atoms with van der Waals surface area (Å²) < 4.78 is 7.02. The molecule has 0 atom stereocenters. The molecule has 2 rings (SSSR count). The zero-order chi connectivity index (χ0) is 12.8. The molecule has 0 fully saturated rings. The molecule has 0 aliphatic carbocycles. The molecule has 2 aromatic heterocycles. The average molecular weight is 248 g/mol. The number of rotatable bonds is 7. The van der Waals surface area contributed by atoms with E-state index in [1.54, 1.807) is 12.5 Å². The normalized spacial score (nSPS) is 11.0. The summed E-state index contributed by atoms with van der Waals surface area (Å²) >= 11 is 0. The maximum Gasteiger partial charge on any atom is 0.150 e. The fourth-order valence-electron chi connectivity index (χ4n) is 1.83. The number of nitrogens with one attached hydrogen (secondary N) is 1. The van der Waals surface area contributed by atoms with Crippen LogP contribution in [0.3, 0.4) is 0 Å². The van der Waals surface area contributed by atoms with Crippen molar-refractivity contribution < 1.29 is 4.42 Å². The highest BCUT2D eigenvalue weighted by atomic mass is 16.3. The minimum Gasteiger partial charge on any atom is -0.472 e. The van der Waals surface area contributed by atoms with E-state index in [4.69, 9.17) is 4.42 Å². The lowest BCUT2D eigenvalue weighted by atomic mass is 10.3. The second-order valence-corrected chi connectivity index (χ2v) is 4.18. The van der Waals surface area contributed by atoms with Crippen LogP contribution in [0.25, 0.3) is 0 Å². The van der Waals surface area contributed by atoms with Crippen LogP contribution in [0.2, 0.25) is 0 Å². The van der Waals surface area contributed by atoms with Gasteiger partial charge in [-0.1, -0.05) is 13.8 Å². The highest BCUT2D eigenvalue weighted by Gasteiger charge is 2.06. The molecule has 98 valence electrons. The summed E-state index contributed by atoms with van der Waals surface area (Å²) in [5, 5.41) is 7.85. The van der Waals surface area contributed by atoms with E-state index >= 15 is 0 Å². The van der Waals surface area contributed by atoms with Gasteiger partial charge in [-0.15, -0.1) is 0 Å². The van der Waals surface area contributed by atoms with E-state index in [0.29, 0.717) is 0 Å². The number of furan rings is 1. The largest absolute Gasteiger partial charge is 0.472 e. The molecule has 5 nitrogen and oxygen atoms in total. The lowest BCUT2D eigenvalue weighted by molar-refractivity contribution is 0.527. The van der Waals surface area contributed by atoms with Crippen LogP contribution in [0, 0.1) is 0 Å². The molecular formula is C13H20N4O. The quantitative estimate of drug-likeness (QED) is 0.759. The van der Waals surface area contributed by atoms with Crippen molar-refractivity contribution in [3.63, 3.8) is 0 Å². The van der Waals surface area contributed by atoms with Crippen LogP contribution >= 0.6 is 0 Å². The van der Waals surface area contributed by atoms with E-state index in [-0.39, 0.29) is 0 Å². The third-order valence-electron chi connectivity index (χ3n) is 2.83. The third kappa shape index (κ3) is 3.20. The molecule has 2 heterocycles. The summed E-state index contributed by atoms with van der Waals surface area (Å²) in [5.41, 5.74) is 1.17. The maximum atomic E-state index is 5.02. The fraction of sp³-hybridized carbons (Fsp3) is 0.538. The van der Waals surface area contributed by atoms with Gasteiger partial charge in [0.15, 0.2) is 5.82 Å². The standard InChI is InChI=1S/C13H20N4O/c1-3-12-15-13(4-2)17(16-12)7-6-14-9-11-5-8-18-10-11/h5,8,10,14H,3-4,6-7,9H2,1-2H3. The summed E-state index contributed by atoms with van der Waals surface area (Å²) in [6, 6.07) is 1.97. The Hall–Kier alpha value is -1.62. The van der Waals surface area contributed by atoms with Gasteiger partial charge in [-0.2, -0.15) is 5.10 Å². The lowest BCUT2D eigenvalue weighted by Gasteiger charge is -2.05. The topological polar surface area (TPSA) is 55.9 Å². The van der Waals surface area contributed by atoms with Crippen molar-refractivity contribution in [2.45, 2.75) is 39.8 Å². The number of hydrogen-bond donors (Lipinski definition) is 1. The summed E-state index contributed by atoms with van der Waals surface area (Å²) in [6.07, 6.45) is 5.27. The number of aromatic nitrogens is 3. The summed E-state index contributed by atoms with van der Waals surface area (Å²) in [6.45, 7) is 6.75. The van der Waals surface area contributed by atoms with E-state index < -0.39 is 0 Å². The Kier molecular flexibility index (Phi) is 4.52. The monoisotopic (exact) mass is 248 g/mol. The van der Waals surface area contributed by atoms with Gasteiger partial charge in [-0.05, 0) is 6.07 Å². The van der Waals surface area contributed by atoms with Gasteiger partial charge in [0, 0.05) is 31.5 Å². The lowest BCUT2D eigenvalue weighted by Crippen LogP contribution is -2.21. The Morgan fingerprint density at radius 1 is 1.33 bits per heavy atom. The van der Waals surface area contributed by atoms with Gasteiger partial charge in [-0.3, -0.25) is 0 Å². The van der Waals surface area contributed by atoms with Crippen LogP contribution in [-0.4, -0.2) is 21.3 Å². The van der Waals surface area contributed by atoms with Crippen LogP contribution in [0.1, 0.15) is 31.1 Å². The Bertz CT molecular complexity index is 461. The second kappa shape index (κ2) is 6.35. The molecule has 5 heteroatoms. The molecule has 18 heavy (non-hydrogen) atoms. The highest BCUT2D eigenvalue weighted by molar-refractivity contribution is 5.04. The van der Waals surface area contributed by atoms with E-state index in [9.17, 15) is 0 Å². The Morgan fingerprint density at radius 3 is 2.89 bits per heavy atom. The molecule has 0 radical (unpaired) electrons. The molecule has 0 amide bonds. The molecule has 0 unspecified atom stereocenters. The molecule has 0 saturated carbocycles. The summed E-state index contributed by atoms with van der Waals surface area (Å²) in [4.78, 5) is 4.48. The third-order valence-corrected chi connectivity index (χ3v) is 2.83. The molecule has 0 bridgehead atoms. The fourth-order valence-corrected chi connectivity index (χ4v) is 1.83. The number of nitrogens with zero attached hydrogens (tertiary/aromatic N) is 3. The van der Waals surface area contributed by atoms with Crippen molar-refractivity contribution in [1.29, 1.82) is 0 Å². The predicted molar refractivity (Wildman–Crippen MR) is 69.2 cm³/mol. The van der Waals surface area contributed by atoms with Crippen LogP contribution in [0.4, 0.5) is 0 Å². The predicted octanol–water partition coefficient (Wildman–Crippen LogP) is 1.79. The van der Waals surface area contributed by atoms with Crippen LogP contribution in [-0.2, 0) is 25.9 Å². The molecular weight excluding hydrogens is 228 g/mol. The minimum atomic E-state index is 0.827. The van der Waals surface area contributed by atoms with Crippen molar-refractivity contribution >= 4 is 0 Å². The Morgan fingerprint density at radius 2 is 2.22 bits per heavy atom. The Labute approximate surface area is 107 Å². The van der Waals surface area contributed by atoms with Crippen LogP contribution < -0.4 is 5.32 Å². The van der Waals surface area contributed by atoms with E-state index in [1.807, 2.05) is 10.7 Å². The molecule has 0 spiro atoms. The van der Waals surface area contributed by atoms with Crippen LogP contribution in [0.15, 0.2) is 23.0 Å². The zero-order valence-corrected chi connectivity index (χ0v) is 11.0. The van der Waals surface area contributed by atoms with Gasteiger partial charge < -0.3 is 9.73 Å². The van der Waals surface area contributed by atoms with E-state index in [2.05, 4.69) is 29.2 Å².